The van der Waals surface area contributed by atoms with Gasteiger partial charge in [0.2, 0.25) is 11.8 Å². The van der Waals surface area contributed by atoms with Crippen LogP contribution in [0, 0.1) is 5.92 Å². The molecule has 0 bridgehead atoms. The average Bonchev–Trinajstić information content (AvgIpc) is 2.85. The fourth-order valence-corrected chi connectivity index (χ4v) is 2.09. The molecular weight excluding hydrogens is 248 g/mol. The second-order valence-electron chi connectivity index (χ2n) is 4.12. The molecule has 4 nitrogen and oxygen atoms in total. The van der Waals surface area contributed by atoms with Crippen LogP contribution in [0.15, 0.2) is 23.6 Å². The molecule has 1 heterocycles. The van der Waals surface area contributed by atoms with Gasteiger partial charge in [0.15, 0.2) is 0 Å². The van der Waals surface area contributed by atoms with Crippen molar-refractivity contribution in [3.8, 4) is 0 Å². The van der Waals surface area contributed by atoms with Crippen LogP contribution in [-0.2, 0) is 9.59 Å². The van der Waals surface area contributed by atoms with Gasteiger partial charge in [-0.3, -0.25) is 9.59 Å². The summed E-state index contributed by atoms with van der Waals surface area (Å²) in [4.78, 5) is 23.9. The lowest BCUT2D eigenvalue weighted by molar-refractivity contribution is -0.126. The van der Waals surface area contributed by atoms with Gasteiger partial charge in [0.05, 0.1) is 0 Å². The number of nitrogens with one attached hydrogen (secondary N) is 1. The van der Waals surface area contributed by atoms with E-state index in [1.807, 2.05) is 31.4 Å². The van der Waals surface area contributed by atoms with Crippen molar-refractivity contribution in [1.29, 1.82) is 0 Å². The normalized spacial score (nSPS) is 14.3. The van der Waals surface area contributed by atoms with Gasteiger partial charge < -0.3 is 11.1 Å². The van der Waals surface area contributed by atoms with Gasteiger partial charge in [-0.25, -0.2) is 0 Å². The topological polar surface area (TPSA) is 72.2 Å². The third kappa shape index (κ3) is 4.33. The first-order valence-corrected chi connectivity index (χ1v) is 6.74. The number of carbonyl (C=O) groups is 2. The van der Waals surface area contributed by atoms with Gasteiger partial charge in [0, 0.05) is 11.0 Å². The molecule has 0 saturated heterocycles. The fraction of sp³-hybridized carbons (Fsp3) is 0.385. The summed E-state index contributed by atoms with van der Waals surface area (Å²) in [5.41, 5.74) is 5.28. The molecule has 0 aliphatic carbocycles. The van der Waals surface area contributed by atoms with Gasteiger partial charge in [-0.15, -0.1) is 11.3 Å². The minimum Gasteiger partial charge on any atom is -0.368 e. The molecule has 3 N–H and O–H groups in total. The predicted molar refractivity (Wildman–Crippen MR) is 73.9 cm³/mol. The third-order valence-corrected chi connectivity index (χ3v) is 3.60. The Morgan fingerprint density at radius 3 is 2.78 bits per heavy atom. The van der Waals surface area contributed by atoms with Crippen molar-refractivity contribution in [2.24, 2.45) is 11.7 Å². The summed E-state index contributed by atoms with van der Waals surface area (Å²) in [7, 11) is 0. The van der Waals surface area contributed by atoms with Gasteiger partial charge in [0.25, 0.3) is 0 Å². The van der Waals surface area contributed by atoms with E-state index < -0.39 is 11.9 Å². The van der Waals surface area contributed by atoms with Crippen molar-refractivity contribution in [3.05, 3.63) is 28.5 Å². The van der Waals surface area contributed by atoms with E-state index in [4.69, 9.17) is 5.73 Å². The number of carbonyl (C=O) groups excluding carboxylic acids is 2. The molecule has 0 aliphatic rings. The summed E-state index contributed by atoms with van der Waals surface area (Å²) in [5, 5.41) is 4.57. The molecule has 98 valence electrons. The molecule has 0 radical (unpaired) electrons. The molecule has 0 fully saturated rings. The van der Waals surface area contributed by atoms with Crippen LogP contribution < -0.4 is 11.1 Å². The highest BCUT2D eigenvalue weighted by Crippen LogP contribution is 2.10. The van der Waals surface area contributed by atoms with E-state index in [0.717, 1.165) is 11.3 Å². The van der Waals surface area contributed by atoms with Crippen molar-refractivity contribution < 1.29 is 9.59 Å². The molecule has 1 aromatic rings. The van der Waals surface area contributed by atoms with Gasteiger partial charge in [-0.05, 0) is 23.4 Å². The summed E-state index contributed by atoms with van der Waals surface area (Å²) >= 11 is 1.54. The molecule has 1 rings (SSSR count). The SMILES string of the molecule is CCC(C)C(NC(=O)C=Cc1cccs1)C(N)=O. The number of hydrogen-bond acceptors (Lipinski definition) is 3. The van der Waals surface area contributed by atoms with E-state index in [2.05, 4.69) is 5.32 Å². The molecule has 2 atom stereocenters. The lowest BCUT2D eigenvalue weighted by atomic mass is 9.98. The zero-order valence-corrected chi connectivity index (χ0v) is 11.4. The van der Waals surface area contributed by atoms with Crippen molar-refractivity contribution >= 4 is 29.2 Å². The maximum atomic E-state index is 11.7. The second kappa shape index (κ2) is 6.96. The first-order valence-electron chi connectivity index (χ1n) is 5.86. The Bertz CT molecular complexity index is 426. The van der Waals surface area contributed by atoms with Gasteiger partial charge in [0.1, 0.15) is 6.04 Å². The number of amides is 2. The highest BCUT2D eigenvalue weighted by molar-refractivity contribution is 7.10. The fourth-order valence-electron chi connectivity index (χ4n) is 1.47. The summed E-state index contributed by atoms with van der Waals surface area (Å²) in [6, 6.07) is 3.21. The first-order chi connectivity index (χ1) is 8.54. The largest absolute Gasteiger partial charge is 0.368 e. The first kappa shape index (κ1) is 14.4. The number of nitrogens with two attached hydrogens (primary N) is 1. The summed E-state index contributed by atoms with van der Waals surface area (Å²) in [6.45, 7) is 3.84. The van der Waals surface area contributed by atoms with Crippen LogP contribution in [0.5, 0.6) is 0 Å². The second-order valence-corrected chi connectivity index (χ2v) is 5.10. The lowest BCUT2D eigenvalue weighted by Gasteiger charge is -2.20. The van der Waals surface area contributed by atoms with Gasteiger partial charge in [-0.2, -0.15) is 0 Å². The Morgan fingerprint density at radius 2 is 2.28 bits per heavy atom. The van der Waals surface area contributed by atoms with E-state index in [1.165, 1.54) is 6.08 Å². The zero-order chi connectivity index (χ0) is 13.5. The van der Waals surface area contributed by atoms with Crippen molar-refractivity contribution in [1.82, 2.24) is 5.32 Å². The number of thiophene rings is 1. The summed E-state index contributed by atoms with van der Waals surface area (Å²) < 4.78 is 0. The minimum absolute atomic E-state index is 0.0292. The average molecular weight is 266 g/mol. The Labute approximate surface area is 111 Å². The molecule has 0 aliphatic heterocycles. The maximum absolute atomic E-state index is 11.7. The van der Waals surface area contributed by atoms with Crippen LogP contribution in [0.25, 0.3) is 6.08 Å². The van der Waals surface area contributed by atoms with Crippen molar-refractivity contribution in [2.75, 3.05) is 0 Å². The van der Waals surface area contributed by atoms with Crippen LogP contribution in [-0.4, -0.2) is 17.9 Å². The smallest absolute Gasteiger partial charge is 0.244 e. The van der Waals surface area contributed by atoms with Crippen LogP contribution in [0.4, 0.5) is 0 Å². The van der Waals surface area contributed by atoms with Crippen molar-refractivity contribution in [3.63, 3.8) is 0 Å². The van der Waals surface area contributed by atoms with Crippen LogP contribution in [0.3, 0.4) is 0 Å². The van der Waals surface area contributed by atoms with Crippen LogP contribution in [0.1, 0.15) is 25.1 Å². The zero-order valence-electron chi connectivity index (χ0n) is 10.6. The quantitative estimate of drug-likeness (QED) is 0.770. The lowest BCUT2D eigenvalue weighted by Crippen LogP contribution is -2.47. The van der Waals surface area contributed by atoms with E-state index >= 15 is 0 Å². The molecule has 0 aromatic carbocycles. The van der Waals surface area contributed by atoms with Crippen molar-refractivity contribution in [2.45, 2.75) is 26.3 Å². The number of primary amides is 1. The Kier molecular flexibility index (Phi) is 5.58. The molecule has 2 amide bonds. The number of hydrogen-bond donors (Lipinski definition) is 2. The van der Waals surface area contributed by atoms with Crippen LogP contribution in [0.2, 0.25) is 0 Å². The van der Waals surface area contributed by atoms with Gasteiger partial charge >= 0.3 is 0 Å². The molecule has 2 unspecified atom stereocenters. The monoisotopic (exact) mass is 266 g/mol. The molecule has 1 aromatic heterocycles. The van der Waals surface area contributed by atoms with Gasteiger partial charge in [-0.1, -0.05) is 26.3 Å². The number of rotatable bonds is 6. The summed E-state index contributed by atoms with van der Waals surface area (Å²) in [6.07, 6.45) is 3.92. The molecular formula is C13H18N2O2S. The highest BCUT2D eigenvalue weighted by atomic mass is 32.1. The summed E-state index contributed by atoms with van der Waals surface area (Å²) in [5.74, 6) is -0.767. The Morgan fingerprint density at radius 1 is 1.56 bits per heavy atom. The Hall–Kier alpha value is -1.62. The molecule has 18 heavy (non-hydrogen) atoms. The molecule has 0 spiro atoms. The van der Waals surface area contributed by atoms with E-state index in [1.54, 1.807) is 17.4 Å². The van der Waals surface area contributed by atoms with E-state index in [-0.39, 0.29) is 11.8 Å². The Balaban J connectivity index is 2.59. The van der Waals surface area contributed by atoms with E-state index in [9.17, 15) is 9.59 Å². The van der Waals surface area contributed by atoms with Crippen LogP contribution >= 0.6 is 11.3 Å². The molecule has 0 saturated carbocycles. The van der Waals surface area contributed by atoms with E-state index in [0.29, 0.717) is 0 Å². The molecule has 5 heteroatoms. The third-order valence-electron chi connectivity index (χ3n) is 2.76. The predicted octanol–water partition coefficient (Wildman–Crippen LogP) is 1.78. The minimum atomic E-state index is -0.615. The highest BCUT2D eigenvalue weighted by Gasteiger charge is 2.22. The maximum Gasteiger partial charge on any atom is 0.244 e. The standard InChI is InChI=1S/C13H18N2O2S/c1-3-9(2)12(13(14)17)15-11(16)7-6-10-5-4-8-18-10/h4-9,12H,3H2,1-2H3,(H2,14,17)(H,15,16).